The lowest BCUT2D eigenvalue weighted by molar-refractivity contribution is 0.0715. The van der Waals surface area contributed by atoms with Crippen LogP contribution in [-0.2, 0) is 0 Å². The molecular formula is C14H19NO4. The van der Waals surface area contributed by atoms with Crippen molar-refractivity contribution in [3.63, 3.8) is 0 Å². The number of aliphatic hydroxyl groups excluding tert-OH is 1. The summed E-state index contributed by atoms with van der Waals surface area (Å²) in [5, 5.41) is 12.5. The molecule has 5 nitrogen and oxygen atoms in total. The molecular weight excluding hydrogens is 246 g/mol. The summed E-state index contributed by atoms with van der Waals surface area (Å²) < 4.78 is 4.67. The van der Waals surface area contributed by atoms with Crippen LogP contribution in [0.15, 0.2) is 27.6 Å². The Labute approximate surface area is 111 Å². The van der Waals surface area contributed by atoms with Crippen LogP contribution in [0.2, 0.25) is 0 Å². The van der Waals surface area contributed by atoms with Crippen molar-refractivity contribution in [1.82, 2.24) is 5.32 Å². The van der Waals surface area contributed by atoms with Crippen molar-refractivity contribution < 1.29 is 14.3 Å². The van der Waals surface area contributed by atoms with Crippen LogP contribution in [0, 0.1) is 5.92 Å². The average molecular weight is 265 g/mol. The van der Waals surface area contributed by atoms with E-state index < -0.39 is 11.2 Å². The molecule has 1 aliphatic carbocycles. The van der Waals surface area contributed by atoms with Crippen LogP contribution in [0.3, 0.4) is 0 Å². The molecule has 0 saturated heterocycles. The first kappa shape index (κ1) is 13.8. The van der Waals surface area contributed by atoms with Crippen molar-refractivity contribution in [3.8, 4) is 0 Å². The van der Waals surface area contributed by atoms with Gasteiger partial charge in [0.15, 0.2) is 0 Å². The highest BCUT2D eigenvalue weighted by atomic mass is 16.4. The second-order valence-electron chi connectivity index (χ2n) is 5.42. The Morgan fingerprint density at radius 2 is 2.16 bits per heavy atom. The topological polar surface area (TPSA) is 79.5 Å². The Kier molecular flexibility index (Phi) is 4.04. The van der Waals surface area contributed by atoms with Crippen LogP contribution in [0.25, 0.3) is 0 Å². The van der Waals surface area contributed by atoms with Gasteiger partial charge in [0.1, 0.15) is 6.26 Å². The smallest absolute Gasteiger partial charge is 0.335 e. The van der Waals surface area contributed by atoms with E-state index in [1.54, 1.807) is 0 Å². The molecule has 0 aliphatic heterocycles. The Balaban J connectivity index is 2.08. The third-order valence-electron chi connectivity index (χ3n) is 3.88. The molecule has 0 unspecified atom stereocenters. The van der Waals surface area contributed by atoms with Gasteiger partial charge in [0, 0.05) is 6.07 Å². The number of aliphatic hydroxyl groups is 1. The molecule has 1 aliphatic rings. The van der Waals surface area contributed by atoms with E-state index in [2.05, 4.69) is 16.7 Å². The molecule has 0 spiro atoms. The van der Waals surface area contributed by atoms with Gasteiger partial charge in [0.25, 0.3) is 5.91 Å². The van der Waals surface area contributed by atoms with Crippen molar-refractivity contribution in [2.45, 2.75) is 38.1 Å². The lowest BCUT2D eigenvalue weighted by atomic mass is 9.77. The fraction of sp³-hybridized carbons (Fsp3) is 0.571. The third-order valence-corrected chi connectivity index (χ3v) is 3.88. The number of hydrogen-bond acceptors (Lipinski definition) is 4. The van der Waals surface area contributed by atoms with Gasteiger partial charge in [-0.15, -0.1) is 0 Å². The van der Waals surface area contributed by atoms with Gasteiger partial charge >= 0.3 is 5.63 Å². The van der Waals surface area contributed by atoms with E-state index in [-0.39, 0.29) is 12.5 Å². The van der Waals surface area contributed by atoms with Crippen molar-refractivity contribution >= 4 is 5.91 Å². The molecule has 1 heterocycles. The Morgan fingerprint density at radius 1 is 1.47 bits per heavy atom. The van der Waals surface area contributed by atoms with Gasteiger partial charge in [-0.25, -0.2) is 4.79 Å². The minimum Gasteiger partial charge on any atom is -0.430 e. The molecule has 1 saturated carbocycles. The Morgan fingerprint density at radius 3 is 2.68 bits per heavy atom. The summed E-state index contributed by atoms with van der Waals surface area (Å²) in [5.41, 5.74) is -0.731. The fourth-order valence-corrected chi connectivity index (χ4v) is 2.44. The normalized spacial score (nSPS) is 26.9. The maximum atomic E-state index is 12.1. The minimum atomic E-state index is -0.542. The second kappa shape index (κ2) is 5.57. The van der Waals surface area contributed by atoms with E-state index in [1.807, 2.05) is 0 Å². The van der Waals surface area contributed by atoms with Crippen LogP contribution in [0.5, 0.6) is 0 Å². The lowest BCUT2D eigenvalue weighted by Crippen LogP contribution is -2.53. The summed E-state index contributed by atoms with van der Waals surface area (Å²) in [7, 11) is 0. The predicted octanol–water partition coefficient (Wildman–Crippen LogP) is 1.31. The number of carbonyl (C=O) groups is 1. The van der Waals surface area contributed by atoms with Crippen molar-refractivity contribution in [2.75, 3.05) is 6.61 Å². The molecule has 0 bridgehead atoms. The largest absolute Gasteiger partial charge is 0.430 e. The standard InChI is InChI=1S/C14H19NO4/c1-10-4-6-14(9-16,7-5-10)15-13(18)11-2-3-12(17)19-8-11/h2-3,8,10,16H,4-7,9H2,1H3,(H,15,18). The van der Waals surface area contributed by atoms with Gasteiger partial charge in [-0.2, -0.15) is 0 Å². The van der Waals surface area contributed by atoms with E-state index in [0.29, 0.717) is 11.5 Å². The number of hydrogen-bond donors (Lipinski definition) is 2. The minimum absolute atomic E-state index is 0.0672. The molecule has 19 heavy (non-hydrogen) atoms. The highest BCUT2D eigenvalue weighted by Crippen LogP contribution is 2.31. The summed E-state index contributed by atoms with van der Waals surface area (Å²) in [6.45, 7) is 2.11. The van der Waals surface area contributed by atoms with Gasteiger partial charge in [0.2, 0.25) is 0 Å². The van der Waals surface area contributed by atoms with E-state index in [0.717, 1.165) is 31.9 Å². The van der Waals surface area contributed by atoms with Crippen LogP contribution < -0.4 is 10.9 Å². The molecule has 1 aromatic rings. The molecule has 1 amide bonds. The maximum absolute atomic E-state index is 12.1. The summed E-state index contributed by atoms with van der Waals surface area (Å²) in [5.74, 6) is 0.318. The maximum Gasteiger partial charge on any atom is 0.335 e. The molecule has 2 N–H and O–H groups in total. The summed E-state index contributed by atoms with van der Waals surface area (Å²) >= 11 is 0. The molecule has 5 heteroatoms. The van der Waals surface area contributed by atoms with Crippen molar-refractivity contribution in [1.29, 1.82) is 0 Å². The molecule has 0 atom stereocenters. The summed E-state index contributed by atoms with van der Waals surface area (Å²) in [6, 6.07) is 2.64. The monoisotopic (exact) mass is 265 g/mol. The van der Waals surface area contributed by atoms with E-state index in [1.165, 1.54) is 12.1 Å². The number of amides is 1. The van der Waals surface area contributed by atoms with E-state index in [4.69, 9.17) is 0 Å². The van der Waals surface area contributed by atoms with Crippen LogP contribution in [-0.4, -0.2) is 23.2 Å². The van der Waals surface area contributed by atoms with Crippen LogP contribution in [0.4, 0.5) is 0 Å². The first-order valence-electron chi connectivity index (χ1n) is 6.57. The van der Waals surface area contributed by atoms with Gasteiger partial charge in [0.05, 0.1) is 17.7 Å². The number of nitrogens with one attached hydrogen (secondary N) is 1. The summed E-state index contributed by atoms with van der Waals surface area (Å²) in [4.78, 5) is 22.9. The summed E-state index contributed by atoms with van der Waals surface area (Å²) in [6.07, 6.45) is 4.67. The molecule has 0 radical (unpaired) electrons. The van der Waals surface area contributed by atoms with Crippen LogP contribution >= 0.6 is 0 Å². The molecule has 0 aromatic carbocycles. The van der Waals surface area contributed by atoms with Gasteiger partial charge in [-0.05, 0) is 37.7 Å². The SMILES string of the molecule is CC1CCC(CO)(NC(=O)c2ccc(=O)oc2)CC1. The van der Waals surface area contributed by atoms with E-state index >= 15 is 0 Å². The van der Waals surface area contributed by atoms with Crippen molar-refractivity contribution in [2.24, 2.45) is 5.92 Å². The molecule has 2 rings (SSSR count). The first-order valence-corrected chi connectivity index (χ1v) is 6.57. The highest BCUT2D eigenvalue weighted by molar-refractivity contribution is 5.94. The second-order valence-corrected chi connectivity index (χ2v) is 5.42. The first-order chi connectivity index (χ1) is 9.04. The number of rotatable bonds is 3. The van der Waals surface area contributed by atoms with Gasteiger partial charge in [-0.3, -0.25) is 4.79 Å². The molecule has 1 fully saturated rings. The quantitative estimate of drug-likeness (QED) is 0.863. The highest BCUT2D eigenvalue weighted by Gasteiger charge is 2.35. The lowest BCUT2D eigenvalue weighted by Gasteiger charge is -2.38. The fourth-order valence-electron chi connectivity index (χ4n) is 2.44. The molecule has 1 aromatic heterocycles. The number of carbonyl (C=O) groups excluding carboxylic acids is 1. The van der Waals surface area contributed by atoms with Gasteiger partial charge < -0.3 is 14.8 Å². The zero-order valence-corrected chi connectivity index (χ0v) is 11.0. The van der Waals surface area contributed by atoms with Gasteiger partial charge in [-0.1, -0.05) is 6.92 Å². The zero-order valence-electron chi connectivity index (χ0n) is 11.0. The Bertz CT molecular complexity index is 480. The third kappa shape index (κ3) is 3.23. The van der Waals surface area contributed by atoms with Crippen LogP contribution in [0.1, 0.15) is 43.0 Å². The van der Waals surface area contributed by atoms with E-state index in [9.17, 15) is 14.7 Å². The predicted molar refractivity (Wildman–Crippen MR) is 69.9 cm³/mol. The van der Waals surface area contributed by atoms with Crippen molar-refractivity contribution in [3.05, 3.63) is 34.4 Å². The Hall–Kier alpha value is -1.62. The average Bonchev–Trinajstić information content (AvgIpc) is 2.42. The molecule has 104 valence electrons. The zero-order chi connectivity index (χ0) is 13.9.